The Kier molecular flexibility index (Phi) is 1.97. The third kappa shape index (κ3) is 1.74. The zero-order chi connectivity index (χ0) is 8.65. The van der Waals surface area contributed by atoms with Crippen molar-refractivity contribution in [3.8, 4) is 0 Å². The van der Waals surface area contributed by atoms with Crippen molar-refractivity contribution in [2.75, 3.05) is 0 Å². The zero-order valence-electron chi connectivity index (χ0n) is 7.35. The van der Waals surface area contributed by atoms with Gasteiger partial charge in [-0.2, -0.15) is 5.10 Å². The zero-order valence-corrected chi connectivity index (χ0v) is 8.11. The molecule has 1 heterocycles. The van der Waals surface area contributed by atoms with E-state index in [1.54, 1.807) is 4.68 Å². The smallest absolute Gasteiger partial charge is 0.126 e. The van der Waals surface area contributed by atoms with Crippen LogP contribution in [0.4, 0.5) is 0 Å². The molecule has 0 saturated heterocycles. The van der Waals surface area contributed by atoms with Gasteiger partial charge in [0.2, 0.25) is 0 Å². The van der Waals surface area contributed by atoms with E-state index < -0.39 is 0 Å². The summed E-state index contributed by atoms with van der Waals surface area (Å²) in [6.07, 6.45) is 0. The Morgan fingerprint density at radius 1 is 1.45 bits per heavy atom. The molecular formula is C8H13ClN2. The molecule has 0 spiro atoms. The van der Waals surface area contributed by atoms with Crippen molar-refractivity contribution in [3.63, 3.8) is 0 Å². The van der Waals surface area contributed by atoms with Gasteiger partial charge in [-0.1, -0.05) is 32.4 Å². The van der Waals surface area contributed by atoms with E-state index in [1.807, 2.05) is 13.1 Å². The van der Waals surface area contributed by atoms with E-state index in [0.717, 1.165) is 5.69 Å². The number of hydrogen-bond donors (Lipinski definition) is 0. The van der Waals surface area contributed by atoms with Gasteiger partial charge in [-0.3, -0.25) is 4.68 Å². The second-order valence-electron chi connectivity index (χ2n) is 3.73. The quantitative estimate of drug-likeness (QED) is 0.588. The molecule has 0 radical (unpaired) electrons. The summed E-state index contributed by atoms with van der Waals surface area (Å²) in [5.41, 5.74) is 1.12. The summed E-state index contributed by atoms with van der Waals surface area (Å²) in [5, 5.41) is 4.96. The average molecular weight is 173 g/mol. The van der Waals surface area contributed by atoms with Crippen LogP contribution in [0.3, 0.4) is 0 Å². The molecule has 0 aromatic carbocycles. The summed E-state index contributed by atoms with van der Waals surface area (Å²) in [5.74, 6) is 0. The molecule has 1 rings (SSSR count). The normalized spacial score (nSPS) is 12.1. The highest BCUT2D eigenvalue weighted by molar-refractivity contribution is 6.29. The Bertz CT molecular complexity index is 238. The van der Waals surface area contributed by atoms with Crippen molar-refractivity contribution >= 4 is 11.6 Å². The number of aryl methyl sites for hydroxylation is 1. The van der Waals surface area contributed by atoms with Gasteiger partial charge in [0.15, 0.2) is 0 Å². The van der Waals surface area contributed by atoms with Gasteiger partial charge in [-0.25, -0.2) is 0 Å². The van der Waals surface area contributed by atoms with E-state index in [4.69, 9.17) is 11.6 Å². The van der Waals surface area contributed by atoms with Gasteiger partial charge in [0.05, 0.1) is 5.69 Å². The van der Waals surface area contributed by atoms with Gasteiger partial charge in [0, 0.05) is 12.5 Å². The third-order valence-electron chi connectivity index (χ3n) is 1.59. The summed E-state index contributed by atoms with van der Waals surface area (Å²) in [6, 6.07) is 1.90. The van der Waals surface area contributed by atoms with Gasteiger partial charge in [0.1, 0.15) is 5.15 Å². The molecule has 1 aromatic heterocycles. The van der Waals surface area contributed by atoms with Crippen LogP contribution in [0, 0.1) is 0 Å². The van der Waals surface area contributed by atoms with E-state index in [9.17, 15) is 0 Å². The first kappa shape index (κ1) is 8.60. The maximum absolute atomic E-state index is 5.84. The highest BCUT2D eigenvalue weighted by atomic mass is 35.5. The second kappa shape index (κ2) is 2.52. The van der Waals surface area contributed by atoms with E-state index in [1.165, 1.54) is 0 Å². The molecule has 0 bridgehead atoms. The maximum atomic E-state index is 5.84. The number of hydrogen-bond acceptors (Lipinski definition) is 1. The van der Waals surface area contributed by atoms with Crippen LogP contribution in [0.15, 0.2) is 6.07 Å². The van der Waals surface area contributed by atoms with E-state index in [-0.39, 0.29) is 5.41 Å². The van der Waals surface area contributed by atoms with Crippen LogP contribution in [0.2, 0.25) is 5.15 Å². The summed E-state index contributed by atoms with van der Waals surface area (Å²) in [7, 11) is 1.84. The van der Waals surface area contributed by atoms with Crippen LogP contribution in [-0.4, -0.2) is 9.78 Å². The van der Waals surface area contributed by atoms with E-state index in [2.05, 4.69) is 25.9 Å². The molecule has 0 aliphatic heterocycles. The minimum absolute atomic E-state index is 0.0882. The molecule has 0 N–H and O–H groups in total. The van der Waals surface area contributed by atoms with Crippen LogP contribution in [0.5, 0.6) is 0 Å². The molecule has 62 valence electrons. The van der Waals surface area contributed by atoms with Gasteiger partial charge in [0.25, 0.3) is 0 Å². The van der Waals surface area contributed by atoms with Crippen LogP contribution in [-0.2, 0) is 12.5 Å². The molecule has 3 heteroatoms. The predicted molar refractivity (Wildman–Crippen MR) is 46.9 cm³/mol. The Hall–Kier alpha value is -0.500. The number of halogens is 1. The van der Waals surface area contributed by atoms with Crippen molar-refractivity contribution in [2.24, 2.45) is 7.05 Å². The molecule has 0 unspecified atom stereocenters. The molecule has 0 aliphatic rings. The molecule has 0 aliphatic carbocycles. The molecule has 1 aromatic rings. The summed E-state index contributed by atoms with van der Waals surface area (Å²) in [4.78, 5) is 0. The molecule has 0 amide bonds. The SMILES string of the molecule is Cn1nc(C(C)(C)C)cc1Cl. The van der Waals surface area contributed by atoms with Gasteiger partial charge in [-0.05, 0) is 6.07 Å². The van der Waals surface area contributed by atoms with Crippen molar-refractivity contribution in [2.45, 2.75) is 26.2 Å². The van der Waals surface area contributed by atoms with Crippen molar-refractivity contribution < 1.29 is 0 Å². The first-order valence-corrected chi connectivity index (χ1v) is 3.99. The lowest BCUT2D eigenvalue weighted by atomic mass is 9.93. The first-order chi connectivity index (χ1) is 4.91. The fourth-order valence-corrected chi connectivity index (χ4v) is 0.952. The average Bonchev–Trinajstić information content (AvgIpc) is 2.11. The number of nitrogens with zero attached hydrogens (tertiary/aromatic N) is 2. The van der Waals surface area contributed by atoms with Crippen LogP contribution in [0.25, 0.3) is 0 Å². The Morgan fingerprint density at radius 3 is 2.18 bits per heavy atom. The standard InChI is InChI=1S/C8H13ClN2/c1-8(2,3)6-5-7(9)11(4)10-6/h5H,1-4H3. The lowest BCUT2D eigenvalue weighted by Crippen LogP contribution is -2.12. The molecule has 11 heavy (non-hydrogen) atoms. The largest absolute Gasteiger partial charge is 0.257 e. The molecule has 2 nitrogen and oxygen atoms in total. The van der Waals surface area contributed by atoms with Crippen molar-refractivity contribution in [1.29, 1.82) is 0 Å². The molecular weight excluding hydrogens is 160 g/mol. The maximum Gasteiger partial charge on any atom is 0.126 e. The lowest BCUT2D eigenvalue weighted by Gasteiger charge is -2.13. The van der Waals surface area contributed by atoms with E-state index in [0.29, 0.717) is 5.15 Å². The first-order valence-electron chi connectivity index (χ1n) is 3.61. The molecule has 0 atom stereocenters. The monoisotopic (exact) mass is 172 g/mol. The van der Waals surface area contributed by atoms with Gasteiger partial charge < -0.3 is 0 Å². The van der Waals surface area contributed by atoms with Crippen LogP contribution >= 0.6 is 11.6 Å². The highest BCUT2D eigenvalue weighted by Gasteiger charge is 2.17. The lowest BCUT2D eigenvalue weighted by molar-refractivity contribution is 0.553. The molecule has 0 fully saturated rings. The third-order valence-corrected chi connectivity index (χ3v) is 1.94. The van der Waals surface area contributed by atoms with Crippen LogP contribution < -0.4 is 0 Å². The topological polar surface area (TPSA) is 17.8 Å². The minimum Gasteiger partial charge on any atom is -0.257 e. The highest BCUT2D eigenvalue weighted by Crippen LogP contribution is 2.22. The number of rotatable bonds is 0. The van der Waals surface area contributed by atoms with Crippen LogP contribution in [0.1, 0.15) is 26.5 Å². The fourth-order valence-electron chi connectivity index (χ4n) is 0.811. The van der Waals surface area contributed by atoms with Crippen molar-refractivity contribution in [1.82, 2.24) is 9.78 Å². The second-order valence-corrected chi connectivity index (χ2v) is 4.11. The Balaban J connectivity index is 3.08. The Morgan fingerprint density at radius 2 is 2.00 bits per heavy atom. The van der Waals surface area contributed by atoms with Gasteiger partial charge in [-0.15, -0.1) is 0 Å². The minimum atomic E-state index is 0.0882. The van der Waals surface area contributed by atoms with Crippen molar-refractivity contribution in [3.05, 3.63) is 16.9 Å². The summed E-state index contributed by atoms with van der Waals surface area (Å²) in [6.45, 7) is 6.35. The van der Waals surface area contributed by atoms with Gasteiger partial charge >= 0.3 is 0 Å². The summed E-state index contributed by atoms with van der Waals surface area (Å²) < 4.78 is 1.68. The fraction of sp³-hybridized carbons (Fsp3) is 0.625. The predicted octanol–water partition coefficient (Wildman–Crippen LogP) is 2.37. The summed E-state index contributed by atoms with van der Waals surface area (Å²) >= 11 is 5.84. The molecule has 0 saturated carbocycles. The van der Waals surface area contributed by atoms with E-state index >= 15 is 0 Å². The number of aromatic nitrogens is 2. The Labute approximate surface area is 72.2 Å².